The number of hydrogen-bond acceptors (Lipinski definition) is 2. The van der Waals surface area contributed by atoms with Crippen LogP contribution in [-0.2, 0) is 0 Å². The summed E-state index contributed by atoms with van der Waals surface area (Å²) in [4.78, 5) is 14.2. The van der Waals surface area contributed by atoms with E-state index in [9.17, 15) is 9.18 Å². The smallest absolute Gasteiger partial charge is 0.254 e. The van der Waals surface area contributed by atoms with Gasteiger partial charge in [0.2, 0.25) is 0 Å². The molecular formula is C14H18ClFN2O. The molecule has 1 amide bonds. The Morgan fingerprint density at radius 1 is 1.47 bits per heavy atom. The normalized spacial score (nSPS) is 17.4. The van der Waals surface area contributed by atoms with Gasteiger partial charge in [-0.1, -0.05) is 11.6 Å². The third kappa shape index (κ3) is 3.67. The number of halogens is 2. The van der Waals surface area contributed by atoms with Gasteiger partial charge < -0.3 is 5.32 Å². The first kappa shape index (κ1) is 14.3. The summed E-state index contributed by atoms with van der Waals surface area (Å²) in [6, 6.07) is 4.27. The zero-order valence-corrected chi connectivity index (χ0v) is 11.7. The van der Waals surface area contributed by atoms with Crippen LogP contribution in [0.5, 0.6) is 0 Å². The fraction of sp³-hybridized carbons (Fsp3) is 0.500. The third-order valence-electron chi connectivity index (χ3n) is 3.50. The minimum absolute atomic E-state index is 0.00104. The van der Waals surface area contributed by atoms with E-state index >= 15 is 0 Å². The lowest BCUT2D eigenvalue weighted by atomic mass is 10.2. The van der Waals surface area contributed by atoms with Crippen LogP contribution in [0.25, 0.3) is 0 Å². The predicted molar refractivity (Wildman–Crippen MR) is 74.0 cm³/mol. The molecule has 1 atom stereocenters. The van der Waals surface area contributed by atoms with Gasteiger partial charge in [0, 0.05) is 17.6 Å². The first-order chi connectivity index (χ1) is 9.08. The van der Waals surface area contributed by atoms with Crippen molar-refractivity contribution in [1.82, 2.24) is 10.2 Å². The van der Waals surface area contributed by atoms with E-state index in [2.05, 4.69) is 17.1 Å². The van der Waals surface area contributed by atoms with Crippen molar-refractivity contribution in [2.75, 3.05) is 19.6 Å². The van der Waals surface area contributed by atoms with Crippen molar-refractivity contribution >= 4 is 17.5 Å². The number of amides is 1. The van der Waals surface area contributed by atoms with Crippen LogP contribution >= 0.6 is 11.6 Å². The Balaban J connectivity index is 1.91. The molecule has 1 aliphatic heterocycles. The molecule has 0 radical (unpaired) electrons. The van der Waals surface area contributed by atoms with Gasteiger partial charge in [-0.3, -0.25) is 9.69 Å². The second-order valence-corrected chi connectivity index (χ2v) is 5.36. The highest BCUT2D eigenvalue weighted by Crippen LogP contribution is 2.15. The second kappa shape index (κ2) is 6.35. The van der Waals surface area contributed by atoms with Crippen LogP contribution in [0.2, 0.25) is 5.02 Å². The van der Waals surface area contributed by atoms with Gasteiger partial charge in [-0.25, -0.2) is 4.39 Å². The molecule has 0 bridgehead atoms. The Hall–Kier alpha value is -1.13. The van der Waals surface area contributed by atoms with E-state index in [0.29, 0.717) is 11.6 Å². The standard InChI is InChI=1S/C14H18ClFN2O/c1-10(18-6-2-3-7-18)9-17-14(19)12-8-11(15)4-5-13(12)16/h4-5,8,10H,2-3,6-7,9H2,1H3,(H,17,19)/t10-/m1/s1. The Kier molecular flexibility index (Phi) is 4.77. The van der Waals surface area contributed by atoms with Crippen LogP contribution in [0.15, 0.2) is 18.2 Å². The SMILES string of the molecule is C[C@H](CNC(=O)c1cc(Cl)ccc1F)N1CCCC1. The van der Waals surface area contributed by atoms with E-state index in [1.165, 1.54) is 31.0 Å². The third-order valence-corrected chi connectivity index (χ3v) is 3.73. The number of nitrogens with one attached hydrogen (secondary N) is 1. The fourth-order valence-electron chi connectivity index (χ4n) is 2.32. The molecule has 0 aliphatic carbocycles. The lowest BCUT2D eigenvalue weighted by molar-refractivity contribution is 0.0936. The second-order valence-electron chi connectivity index (χ2n) is 4.93. The predicted octanol–water partition coefficient (Wildman–Crippen LogP) is 2.69. The fourth-order valence-corrected chi connectivity index (χ4v) is 2.49. The van der Waals surface area contributed by atoms with Crippen LogP contribution in [0.1, 0.15) is 30.1 Å². The van der Waals surface area contributed by atoms with Crippen LogP contribution in [0, 0.1) is 5.82 Å². The quantitative estimate of drug-likeness (QED) is 0.922. The summed E-state index contributed by atoms with van der Waals surface area (Å²) in [5.74, 6) is -0.957. The molecule has 5 heteroatoms. The summed E-state index contributed by atoms with van der Waals surface area (Å²) in [6.07, 6.45) is 2.42. The largest absolute Gasteiger partial charge is 0.350 e. The summed E-state index contributed by atoms with van der Waals surface area (Å²) in [6.45, 7) is 4.73. The lowest BCUT2D eigenvalue weighted by Crippen LogP contribution is -2.40. The van der Waals surface area contributed by atoms with Crippen molar-refractivity contribution in [3.8, 4) is 0 Å². The van der Waals surface area contributed by atoms with Gasteiger partial charge >= 0.3 is 0 Å². The van der Waals surface area contributed by atoms with E-state index in [1.807, 2.05) is 0 Å². The van der Waals surface area contributed by atoms with Crippen LogP contribution < -0.4 is 5.32 Å². The first-order valence-electron chi connectivity index (χ1n) is 6.55. The van der Waals surface area contributed by atoms with Crippen molar-refractivity contribution in [3.05, 3.63) is 34.6 Å². The summed E-state index contributed by atoms with van der Waals surface area (Å²) < 4.78 is 13.5. The van der Waals surface area contributed by atoms with Gasteiger partial charge in [0.1, 0.15) is 5.82 Å². The molecule has 1 aliphatic rings. The molecule has 104 valence electrons. The molecule has 1 fully saturated rings. The topological polar surface area (TPSA) is 32.3 Å². The Bertz CT molecular complexity index is 461. The van der Waals surface area contributed by atoms with Crippen LogP contribution in [0.3, 0.4) is 0 Å². The van der Waals surface area contributed by atoms with Gasteiger partial charge in [0.15, 0.2) is 0 Å². The van der Waals surface area contributed by atoms with Gasteiger partial charge in [-0.2, -0.15) is 0 Å². The Morgan fingerprint density at radius 2 is 2.16 bits per heavy atom. The molecule has 0 spiro atoms. The number of likely N-dealkylation sites (tertiary alicyclic amines) is 1. The molecule has 1 aromatic rings. The number of nitrogens with zero attached hydrogens (tertiary/aromatic N) is 1. The maximum Gasteiger partial charge on any atom is 0.254 e. The summed E-state index contributed by atoms with van der Waals surface area (Å²) >= 11 is 5.77. The lowest BCUT2D eigenvalue weighted by Gasteiger charge is -2.23. The van der Waals surface area contributed by atoms with Gasteiger partial charge in [0.25, 0.3) is 5.91 Å². The molecule has 0 unspecified atom stereocenters. The van der Waals surface area contributed by atoms with Crippen molar-refractivity contribution < 1.29 is 9.18 Å². The van der Waals surface area contributed by atoms with Crippen molar-refractivity contribution in [2.45, 2.75) is 25.8 Å². The monoisotopic (exact) mass is 284 g/mol. The number of hydrogen-bond donors (Lipinski definition) is 1. The molecule has 19 heavy (non-hydrogen) atoms. The number of benzene rings is 1. The van der Waals surface area contributed by atoms with Crippen molar-refractivity contribution in [3.63, 3.8) is 0 Å². The molecule has 2 rings (SSSR count). The van der Waals surface area contributed by atoms with E-state index in [-0.39, 0.29) is 11.6 Å². The molecule has 1 aromatic carbocycles. The molecular weight excluding hydrogens is 267 g/mol. The van der Waals surface area contributed by atoms with Gasteiger partial charge in [-0.05, 0) is 51.1 Å². The summed E-state index contributed by atoms with van der Waals surface area (Å²) in [7, 11) is 0. The number of rotatable bonds is 4. The van der Waals surface area contributed by atoms with E-state index < -0.39 is 11.7 Å². The minimum atomic E-state index is -0.546. The van der Waals surface area contributed by atoms with Crippen LogP contribution in [-0.4, -0.2) is 36.5 Å². The summed E-state index contributed by atoms with van der Waals surface area (Å²) in [5, 5.41) is 3.12. The Morgan fingerprint density at radius 3 is 2.84 bits per heavy atom. The molecule has 1 heterocycles. The molecule has 1 saturated heterocycles. The first-order valence-corrected chi connectivity index (χ1v) is 6.93. The number of carbonyl (C=O) groups is 1. The Labute approximate surface area is 117 Å². The average molecular weight is 285 g/mol. The molecule has 0 aromatic heterocycles. The zero-order valence-electron chi connectivity index (χ0n) is 11.0. The van der Waals surface area contributed by atoms with E-state index in [0.717, 1.165) is 13.1 Å². The van der Waals surface area contributed by atoms with Gasteiger partial charge in [0.05, 0.1) is 5.56 Å². The zero-order chi connectivity index (χ0) is 13.8. The minimum Gasteiger partial charge on any atom is -0.350 e. The number of carbonyl (C=O) groups excluding carboxylic acids is 1. The van der Waals surface area contributed by atoms with E-state index in [4.69, 9.17) is 11.6 Å². The van der Waals surface area contributed by atoms with Crippen LogP contribution in [0.4, 0.5) is 4.39 Å². The highest BCUT2D eigenvalue weighted by atomic mass is 35.5. The van der Waals surface area contributed by atoms with Crippen molar-refractivity contribution in [1.29, 1.82) is 0 Å². The van der Waals surface area contributed by atoms with Gasteiger partial charge in [-0.15, -0.1) is 0 Å². The average Bonchev–Trinajstić information content (AvgIpc) is 2.92. The van der Waals surface area contributed by atoms with Crippen molar-refractivity contribution in [2.24, 2.45) is 0 Å². The highest BCUT2D eigenvalue weighted by Gasteiger charge is 2.19. The molecule has 1 N–H and O–H groups in total. The molecule has 0 saturated carbocycles. The highest BCUT2D eigenvalue weighted by molar-refractivity contribution is 6.30. The molecule has 3 nitrogen and oxygen atoms in total. The maximum absolute atomic E-state index is 13.5. The summed E-state index contributed by atoms with van der Waals surface area (Å²) in [5.41, 5.74) is 0.00104. The van der Waals surface area contributed by atoms with E-state index in [1.54, 1.807) is 0 Å². The maximum atomic E-state index is 13.5.